The molecule has 4 rings (SSSR count). The fourth-order valence-electron chi connectivity index (χ4n) is 7.46. The second-order valence-electron chi connectivity index (χ2n) is 9.67. The second kappa shape index (κ2) is 5.09. The number of aliphatic hydroxyl groups is 2. The van der Waals surface area contributed by atoms with Gasteiger partial charge in [-0.05, 0) is 87.0 Å². The zero-order chi connectivity index (χ0) is 17.3. The van der Waals surface area contributed by atoms with Crippen molar-refractivity contribution in [2.45, 2.75) is 77.7 Å². The summed E-state index contributed by atoms with van der Waals surface area (Å²) >= 11 is 0. The molecule has 3 fully saturated rings. The van der Waals surface area contributed by atoms with Gasteiger partial charge >= 0.3 is 0 Å². The molecule has 7 atom stereocenters. The quantitative estimate of drug-likeness (QED) is 0.748. The number of rotatable bonds is 1. The van der Waals surface area contributed by atoms with Crippen LogP contribution in [0.3, 0.4) is 0 Å². The SMILES string of the molecule is CC(=O)[C@@]1(O)CC[C@H]2[C@@H]3CCC4CC(O)=CC[C@]4(C)[C@H]3CC[C@@]21C. The molecule has 3 heteroatoms. The van der Waals surface area contributed by atoms with Crippen LogP contribution in [0.1, 0.15) is 72.1 Å². The normalized spacial score (nSPS) is 53.6. The summed E-state index contributed by atoms with van der Waals surface area (Å²) in [6.07, 6.45) is 10.00. The minimum atomic E-state index is -1.11. The smallest absolute Gasteiger partial charge is 0.161 e. The van der Waals surface area contributed by atoms with Gasteiger partial charge in [0, 0.05) is 11.8 Å². The third kappa shape index (κ3) is 1.91. The van der Waals surface area contributed by atoms with E-state index in [9.17, 15) is 15.0 Å². The molecule has 4 aliphatic rings. The summed E-state index contributed by atoms with van der Waals surface area (Å²) in [4.78, 5) is 12.2. The highest BCUT2D eigenvalue weighted by Crippen LogP contribution is 2.68. The summed E-state index contributed by atoms with van der Waals surface area (Å²) in [6.45, 7) is 6.20. The summed E-state index contributed by atoms with van der Waals surface area (Å²) < 4.78 is 0. The molecule has 0 aromatic rings. The molecule has 0 aromatic carbocycles. The van der Waals surface area contributed by atoms with Gasteiger partial charge in [-0.2, -0.15) is 0 Å². The van der Waals surface area contributed by atoms with E-state index in [-0.39, 0.29) is 16.6 Å². The Hall–Kier alpha value is -0.830. The van der Waals surface area contributed by atoms with Gasteiger partial charge in [0.2, 0.25) is 0 Å². The number of hydrogen-bond donors (Lipinski definition) is 2. The van der Waals surface area contributed by atoms with Crippen LogP contribution >= 0.6 is 0 Å². The van der Waals surface area contributed by atoms with Gasteiger partial charge in [-0.3, -0.25) is 4.79 Å². The Morgan fingerprint density at radius 3 is 2.54 bits per heavy atom. The monoisotopic (exact) mass is 332 g/mol. The van der Waals surface area contributed by atoms with Gasteiger partial charge in [-0.25, -0.2) is 0 Å². The topological polar surface area (TPSA) is 57.5 Å². The van der Waals surface area contributed by atoms with Crippen LogP contribution in [-0.2, 0) is 4.79 Å². The summed E-state index contributed by atoms with van der Waals surface area (Å²) in [6, 6.07) is 0. The van der Waals surface area contributed by atoms with Crippen molar-refractivity contribution in [3.63, 3.8) is 0 Å². The van der Waals surface area contributed by atoms with Gasteiger partial charge in [0.25, 0.3) is 0 Å². The number of hydrogen-bond acceptors (Lipinski definition) is 3. The lowest BCUT2D eigenvalue weighted by Crippen LogP contribution is -2.57. The number of allylic oxidation sites excluding steroid dienone is 2. The minimum absolute atomic E-state index is 0.0311. The number of carbonyl (C=O) groups excluding carboxylic acids is 1. The maximum atomic E-state index is 12.2. The van der Waals surface area contributed by atoms with Gasteiger partial charge in [0.05, 0.1) is 5.76 Å². The van der Waals surface area contributed by atoms with E-state index < -0.39 is 5.60 Å². The summed E-state index contributed by atoms with van der Waals surface area (Å²) in [5.41, 5.74) is -1.06. The maximum Gasteiger partial charge on any atom is 0.161 e. The standard InChI is InChI=1S/C21H32O3/c1-13(22)21(24)11-8-18-16-5-4-14-12-15(23)6-9-19(14,2)17(16)7-10-20(18,21)3/h6,14,16-18,23-24H,4-5,7-12H2,1-3H3/t14?,16-,17+,18+,19+,20+,21+/m1/s1. The molecule has 4 aliphatic carbocycles. The van der Waals surface area contributed by atoms with Gasteiger partial charge in [-0.1, -0.05) is 13.8 Å². The fraction of sp³-hybridized carbons (Fsp3) is 0.857. The molecule has 0 amide bonds. The number of fused-ring (bicyclic) bond motifs is 5. The van der Waals surface area contributed by atoms with Crippen LogP contribution in [-0.4, -0.2) is 21.6 Å². The first-order valence-corrected chi connectivity index (χ1v) is 9.84. The van der Waals surface area contributed by atoms with Gasteiger partial charge in [0.15, 0.2) is 5.78 Å². The van der Waals surface area contributed by atoms with Crippen LogP contribution in [0.15, 0.2) is 11.8 Å². The molecule has 1 unspecified atom stereocenters. The Balaban J connectivity index is 1.67. The summed E-state index contributed by atoms with van der Waals surface area (Å²) in [7, 11) is 0. The highest BCUT2D eigenvalue weighted by molar-refractivity contribution is 5.86. The Morgan fingerprint density at radius 2 is 1.83 bits per heavy atom. The lowest BCUT2D eigenvalue weighted by Gasteiger charge is -2.60. The number of ketones is 1. The zero-order valence-electron chi connectivity index (χ0n) is 15.3. The zero-order valence-corrected chi connectivity index (χ0v) is 15.3. The fourth-order valence-corrected chi connectivity index (χ4v) is 7.46. The van der Waals surface area contributed by atoms with E-state index in [0.717, 1.165) is 32.1 Å². The van der Waals surface area contributed by atoms with Crippen LogP contribution in [0, 0.1) is 34.5 Å². The molecule has 0 radical (unpaired) electrons. The summed E-state index contributed by atoms with van der Waals surface area (Å²) in [5.74, 6) is 2.93. The van der Waals surface area contributed by atoms with Crippen molar-refractivity contribution in [1.82, 2.24) is 0 Å². The molecule has 3 nitrogen and oxygen atoms in total. The first kappa shape index (κ1) is 16.6. The molecule has 0 bridgehead atoms. The van der Waals surface area contributed by atoms with E-state index in [1.54, 1.807) is 6.92 Å². The number of carbonyl (C=O) groups is 1. The molecule has 0 aliphatic heterocycles. The average Bonchev–Trinajstić information content (AvgIpc) is 2.81. The molecular formula is C21H32O3. The van der Waals surface area contributed by atoms with E-state index in [0.29, 0.717) is 35.9 Å². The minimum Gasteiger partial charge on any atom is -0.513 e. The third-order valence-corrected chi connectivity index (χ3v) is 9.03. The third-order valence-electron chi connectivity index (χ3n) is 9.03. The first-order valence-electron chi connectivity index (χ1n) is 9.84. The van der Waals surface area contributed by atoms with Crippen LogP contribution in [0.25, 0.3) is 0 Å². The van der Waals surface area contributed by atoms with Crippen molar-refractivity contribution < 1.29 is 15.0 Å². The summed E-state index contributed by atoms with van der Waals surface area (Å²) in [5, 5.41) is 21.1. The lowest BCUT2D eigenvalue weighted by molar-refractivity contribution is -0.165. The van der Waals surface area contributed by atoms with E-state index >= 15 is 0 Å². The molecule has 0 saturated heterocycles. The Labute approximate surface area is 145 Å². The molecule has 134 valence electrons. The molecular weight excluding hydrogens is 300 g/mol. The van der Waals surface area contributed by atoms with Crippen LogP contribution in [0.5, 0.6) is 0 Å². The van der Waals surface area contributed by atoms with E-state index in [1.807, 2.05) is 6.08 Å². The van der Waals surface area contributed by atoms with Crippen molar-refractivity contribution in [3.05, 3.63) is 11.8 Å². The second-order valence-corrected chi connectivity index (χ2v) is 9.67. The highest BCUT2D eigenvalue weighted by Gasteiger charge is 2.65. The van der Waals surface area contributed by atoms with Crippen LogP contribution in [0.2, 0.25) is 0 Å². The van der Waals surface area contributed by atoms with E-state index in [4.69, 9.17) is 0 Å². The van der Waals surface area contributed by atoms with Gasteiger partial charge in [-0.15, -0.1) is 0 Å². The van der Waals surface area contributed by atoms with Crippen LogP contribution in [0.4, 0.5) is 0 Å². The van der Waals surface area contributed by atoms with Crippen molar-refractivity contribution in [2.24, 2.45) is 34.5 Å². The Kier molecular flexibility index (Phi) is 3.53. The molecule has 3 saturated carbocycles. The number of aliphatic hydroxyl groups excluding tert-OH is 1. The highest BCUT2D eigenvalue weighted by atomic mass is 16.3. The number of Topliss-reactive ketones (excluding diaryl/α,β-unsaturated/α-hetero) is 1. The predicted octanol–water partition coefficient (Wildman–Crippen LogP) is 4.40. The molecule has 24 heavy (non-hydrogen) atoms. The van der Waals surface area contributed by atoms with E-state index in [2.05, 4.69) is 13.8 Å². The Bertz CT molecular complexity index is 596. The maximum absolute atomic E-state index is 12.2. The molecule has 0 spiro atoms. The van der Waals surface area contributed by atoms with Crippen molar-refractivity contribution >= 4 is 5.78 Å². The van der Waals surface area contributed by atoms with E-state index in [1.165, 1.54) is 12.8 Å². The molecule has 0 heterocycles. The van der Waals surface area contributed by atoms with Gasteiger partial charge < -0.3 is 10.2 Å². The largest absolute Gasteiger partial charge is 0.513 e. The van der Waals surface area contributed by atoms with Crippen LogP contribution < -0.4 is 0 Å². The van der Waals surface area contributed by atoms with Gasteiger partial charge in [0.1, 0.15) is 5.60 Å². The van der Waals surface area contributed by atoms with Crippen molar-refractivity contribution in [3.8, 4) is 0 Å². The molecule has 0 aromatic heterocycles. The first-order chi connectivity index (χ1) is 11.2. The molecule has 2 N–H and O–H groups in total. The Morgan fingerprint density at radius 1 is 1.12 bits per heavy atom. The van der Waals surface area contributed by atoms with Crippen molar-refractivity contribution in [1.29, 1.82) is 0 Å². The lowest BCUT2D eigenvalue weighted by atomic mass is 9.45. The predicted molar refractivity (Wildman–Crippen MR) is 93.5 cm³/mol. The van der Waals surface area contributed by atoms with Crippen molar-refractivity contribution in [2.75, 3.05) is 0 Å². The average molecular weight is 332 g/mol.